The van der Waals surface area contributed by atoms with Gasteiger partial charge in [-0.05, 0) is 79.1 Å². The van der Waals surface area contributed by atoms with Crippen LogP contribution in [-0.2, 0) is 11.2 Å². The zero-order valence-corrected chi connectivity index (χ0v) is 19.0. The lowest BCUT2D eigenvalue weighted by Gasteiger charge is -2.36. The highest BCUT2D eigenvalue weighted by molar-refractivity contribution is 7.80. The molecule has 1 aliphatic heterocycles. The molecule has 3 nitrogen and oxygen atoms in total. The molecular weight excluding hydrogens is 428 g/mol. The van der Waals surface area contributed by atoms with Gasteiger partial charge in [-0.1, -0.05) is 25.4 Å². The van der Waals surface area contributed by atoms with Crippen LogP contribution in [0.25, 0.3) is 0 Å². The SMILES string of the molecule is CC1(C)CCN(C(=O)OCCCc2cc(F)ccc2F)CC1.Sc1ccc(Cl)cc1. The highest BCUT2D eigenvalue weighted by atomic mass is 35.5. The van der Waals surface area contributed by atoms with Crippen molar-refractivity contribution in [3.8, 4) is 0 Å². The number of thiol groups is 1. The first-order chi connectivity index (χ1) is 14.2. The number of nitrogens with zero attached hydrogens (tertiary/aromatic N) is 1. The maximum atomic E-state index is 13.4. The maximum absolute atomic E-state index is 13.4. The molecule has 0 N–H and O–H groups in total. The van der Waals surface area contributed by atoms with Crippen molar-refractivity contribution in [2.45, 2.75) is 44.4 Å². The number of amides is 1. The van der Waals surface area contributed by atoms with E-state index in [2.05, 4.69) is 26.5 Å². The Morgan fingerprint density at radius 1 is 1.13 bits per heavy atom. The minimum Gasteiger partial charge on any atom is -0.449 e. The number of halogens is 3. The summed E-state index contributed by atoms with van der Waals surface area (Å²) in [7, 11) is 0. The van der Waals surface area contributed by atoms with Crippen LogP contribution in [0, 0.1) is 17.0 Å². The monoisotopic (exact) mass is 455 g/mol. The fourth-order valence-corrected chi connectivity index (χ4v) is 3.26. The second-order valence-electron chi connectivity index (χ2n) is 8.08. The summed E-state index contributed by atoms with van der Waals surface area (Å²) in [6.07, 6.45) is 2.46. The van der Waals surface area contributed by atoms with Gasteiger partial charge < -0.3 is 9.64 Å². The van der Waals surface area contributed by atoms with Crippen molar-refractivity contribution in [1.82, 2.24) is 4.90 Å². The summed E-state index contributed by atoms with van der Waals surface area (Å²) in [5.74, 6) is -0.879. The Balaban J connectivity index is 0.000000335. The molecule has 1 saturated heterocycles. The average Bonchev–Trinajstić information content (AvgIpc) is 2.70. The number of rotatable bonds is 4. The molecule has 1 fully saturated rings. The molecule has 0 aromatic heterocycles. The Hall–Kier alpha value is -1.79. The second kappa shape index (κ2) is 11.6. The molecule has 0 unspecified atom stereocenters. The highest BCUT2D eigenvalue weighted by Crippen LogP contribution is 2.29. The minimum absolute atomic E-state index is 0.217. The van der Waals surface area contributed by atoms with Crippen molar-refractivity contribution in [1.29, 1.82) is 0 Å². The lowest BCUT2D eigenvalue weighted by atomic mass is 9.83. The number of carbonyl (C=O) groups is 1. The molecule has 0 atom stereocenters. The summed E-state index contributed by atoms with van der Waals surface area (Å²) in [5.41, 5.74) is 0.599. The van der Waals surface area contributed by atoms with Gasteiger partial charge in [0.15, 0.2) is 0 Å². The maximum Gasteiger partial charge on any atom is 0.409 e. The number of benzene rings is 2. The number of carbonyl (C=O) groups excluding carboxylic acids is 1. The van der Waals surface area contributed by atoms with E-state index in [-0.39, 0.29) is 18.1 Å². The quantitative estimate of drug-likeness (QED) is 0.406. The number of piperidine rings is 1. The minimum atomic E-state index is -0.454. The third-order valence-electron chi connectivity index (χ3n) is 5.03. The summed E-state index contributed by atoms with van der Waals surface area (Å²) in [6.45, 7) is 6.04. The van der Waals surface area contributed by atoms with E-state index in [1.54, 1.807) is 4.90 Å². The van der Waals surface area contributed by atoms with Crippen LogP contribution < -0.4 is 0 Å². The molecule has 30 heavy (non-hydrogen) atoms. The molecule has 1 amide bonds. The van der Waals surface area contributed by atoms with Crippen molar-refractivity contribution >= 4 is 30.3 Å². The van der Waals surface area contributed by atoms with Gasteiger partial charge in [0.1, 0.15) is 11.6 Å². The molecule has 1 heterocycles. The smallest absolute Gasteiger partial charge is 0.409 e. The third-order valence-corrected chi connectivity index (χ3v) is 5.58. The Bertz CT molecular complexity index is 799. The molecule has 2 aromatic rings. The van der Waals surface area contributed by atoms with Crippen LogP contribution in [0.2, 0.25) is 5.02 Å². The first kappa shape index (κ1) is 24.5. The third kappa shape index (κ3) is 8.52. The second-order valence-corrected chi connectivity index (χ2v) is 9.03. The van der Waals surface area contributed by atoms with Crippen LogP contribution in [0.5, 0.6) is 0 Å². The van der Waals surface area contributed by atoms with Crippen LogP contribution in [0.3, 0.4) is 0 Å². The van der Waals surface area contributed by atoms with Gasteiger partial charge in [-0.3, -0.25) is 0 Å². The molecular formula is C23H28ClF2NO2S. The summed E-state index contributed by atoms with van der Waals surface area (Å²) >= 11 is 9.65. The van der Waals surface area contributed by atoms with Crippen molar-refractivity contribution < 1.29 is 18.3 Å². The van der Waals surface area contributed by atoms with E-state index in [1.165, 1.54) is 6.07 Å². The molecule has 0 saturated carbocycles. The molecule has 3 rings (SSSR count). The molecule has 1 aliphatic rings. The Kier molecular flexibility index (Phi) is 9.43. The zero-order chi connectivity index (χ0) is 22.1. The topological polar surface area (TPSA) is 29.5 Å². The van der Waals surface area contributed by atoms with Crippen LogP contribution >= 0.6 is 24.2 Å². The summed E-state index contributed by atoms with van der Waals surface area (Å²) in [4.78, 5) is 14.6. The van der Waals surface area contributed by atoms with Gasteiger partial charge in [-0.2, -0.15) is 0 Å². The first-order valence-corrected chi connectivity index (χ1v) is 10.8. The van der Waals surface area contributed by atoms with Gasteiger partial charge in [-0.15, -0.1) is 12.6 Å². The van der Waals surface area contributed by atoms with Crippen LogP contribution in [-0.4, -0.2) is 30.7 Å². The van der Waals surface area contributed by atoms with E-state index in [4.69, 9.17) is 16.3 Å². The largest absolute Gasteiger partial charge is 0.449 e. The van der Waals surface area contributed by atoms with E-state index < -0.39 is 11.6 Å². The first-order valence-electron chi connectivity index (χ1n) is 9.96. The lowest BCUT2D eigenvalue weighted by Crippen LogP contribution is -2.41. The number of aryl methyl sites for hydroxylation is 1. The Labute approximate surface area is 187 Å². The van der Waals surface area contributed by atoms with Gasteiger partial charge in [0, 0.05) is 23.0 Å². The van der Waals surface area contributed by atoms with Gasteiger partial charge in [0.2, 0.25) is 0 Å². The fourth-order valence-electron chi connectivity index (χ4n) is 2.98. The number of hydrogen-bond donors (Lipinski definition) is 1. The van der Waals surface area contributed by atoms with E-state index in [9.17, 15) is 13.6 Å². The van der Waals surface area contributed by atoms with Crippen LogP contribution in [0.4, 0.5) is 13.6 Å². The Morgan fingerprint density at radius 2 is 1.77 bits per heavy atom. The fraction of sp³-hybridized carbons (Fsp3) is 0.435. The summed E-state index contributed by atoms with van der Waals surface area (Å²) in [6, 6.07) is 10.7. The molecule has 0 radical (unpaired) electrons. The van der Waals surface area contributed by atoms with E-state index in [0.717, 1.165) is 34.9 Å². The van der Waals surface area contributed by atoms with Crippen molar-refractivity contribution in [3.05, 3.63) is 64.7 Å². The summed E-state index contributed by atoms with van der Waals surface area (Å²) < 4.78 is 31.7. The molecule has 0 spiro atoms. The number of likely N-dealkylation sites (tertiary alicyclic amines) is 1. The average molecular weight is 456 g/mol. The number of hydrogen-bond acceptors (Lipinski definition) is 3. The van der Waals surface area contributed by atoms with E-state index in [0.29, 0.717) is 31.5 Å². The van der Waals surface area contributed by atoms with Crippen molar-refractivity contribution in [2.75, 3.05) is 19.7 Å². The molecule has 0 bridgehead atoms. The molecule has 0 aliphatic carbocycles. The molecule has 7 heteroatoms. The normalized spacial score (nSPS) is 15.2. The van der Waals surface area contributed by atoms with Crippen LogP contribution in [0.15, 0.2) is 47.4 Å². The van der Waals surface area contributed by atoms with E-state index >= 15 is 0 Å². The summed E-state index contributed by atoms with van der Waals surface area (Å²) in [5, 5.41) is 0.753. The van der Waals surface area contributed by atoms with Gasteiger partial charge in [0.25, 0.3) is 0 Å². The standard InChI is InChI=1S/C17H23F2NO2.C6H5ClS/c1-17(2)7-9-20(10-8-17)16(21)22-11-3-4-13-12-14(18)5-6-15(13)19;7-5-1-3-6(8)4-2-5/h5-6,12H,3-4,7-11H2,1-2H3;1-4,8H. The Morgan fingerprint density at radius 3 is 2.37 bits per heavy atom. The van der Waals surface area contributed by atoms with Gasteiger partial charge >= 0.3 is 6.09 Å². The van der Waals surface area contributed by atoms with Crippen molar-refractivity contribution in [3.63, 3.8) is 0 Å². The van der Waals surface area contributed by atoms with Gasteiger partial charge in [0.05, 0.1) is 6.61 Å². The van der Waals surface area contributed by atoms with Crippen LogP contribution in [0.1, 0.15) is 38.7 Å². The highest BCUT2D eigenvalue weighted by Gasteiger charge is 2.28. The number of ether oxygens (including phenoxy) is 1. The predicted molar refractivity (Wildman–Crippen MR) is 119 cm³/mol. The zero-order valence-electron chi connectivity index (χ0n) is 17.3. The van der Waals surface area contributed by atoms with Crippen molar-refractivity contribution in [2.24, 2.45) is 5.41 Å². The molecule has 2 aromatic carbocycles. The van der Waals surface area contributed by atoms with E-state index in [1.807, 2.05) is 24.3 Å². The van der Waals surface area contributed by atoms with Gasteiger partial charge in [-0.25, -0.2) is 13.6 Å². The molecule has 164 valence electrons. The lowest BCUT2D eigenvalue weighted by molar-refractivity contribution is 0.0744. The predicted octanol–water partition coefficient (Wildman–Crippen LogP) is 6.78.